The Bertz CT molecular complexity index is 607. The van der Waals surface area contributed by atoms with Crippen LogP contribution in [0.15, 0.2) is 34.8 Å². The highest BCUT2D eigenvalue weighted by atomic mass is 127. The van der Waals surface area contributed by atoms with Crippen molar-refractivity contribution < 1.29 is 13.5 Å². The summed E-state index contributed by atoms with van der Waals surface area (Å²) >= 11 is 5.16. The third kappa shape index (κ3) is 2.92. The average Bonchev–Trinajstić information content (AvgIpc) is 2.29. The van der Waals surface area contributed by atoms with Crippen molar-refractivity contribution in [3.63, 3.8) is 0 Å². The molecule has 2 nitrogen and oxygen atoms in total. The predicted molar refractivity (Wildman–Crippen MR) is 77.7 cm³/mol. The number of benzene rings is 2. The van der Waals surface area contributed by atoms with Gasteiger partial charge in [-0.1, -0.05) is 15.9 Å². The van der Waals surface area contributed by atoms with Crippen LogP contribution in [-0.4, -0.2) is 0 Å². The third-order valence-electron chi connectivity index (χ3n) is 2.15. The number of nitrogens with two attached hydrogens (primary N) is 1. The van der Waals surface area contributed by atoms with E-state index in [9.17, 15) is 8.78 Å². The maximum absolute atomic E-state index is 13.5. The molecule has 6 heteroatoms. The van der Waals surface area contributed by atoms with E-state index in [0.29, 0.717) is 10.2 Å². The summed E-state index contributed by atoms with van der Waals surface area (Å²) < 4.78 is 33.3. The molecule has 0 radical (unpaired) electrons. The van der Waals surface area contributed by atoms with Crippen LogP contribution in [0, 0.1) is 15.2 Å². The summed E-state index contributed by atoms with van der Waals surface area (Å²) in [6, 6.07) is 7.42. The Morgan fingerprint density at radius 2 is 1.83 bits per heavy atom. The van der Waals surface area contributed by atoms with Gasteiger partial charge in [0.1, 0.15) is 0 Å². The minimum Gasteiger partial charge on any atom is -0.452 e. The van der Waals surface area contributed by atoms with E-state index in [4.69, 9.17) is 10.5 Å². The normalized spacial score (nSPS) is 10.4. The first-order valence-electron chi connectivity index (χ1n) is 4.85. The number of anilines is 1. The van der Waals surface area contributed by atoms with E-state index in [1.54, 1.807) is 18.2 Å². The SMILES string of the molecule is Nc1cc(I)ccc1Oc1cc(Br)cc(F)c1F. The van der Waals surface area contributed by atoms with Crippen molar-refractivity contribution in [2.75, 3.05) is 5.73 Å². The Morgan fingerprint density at radius 3 is 2.50 bits per heavy atom. The van der Waals surface area contributed by atoms with Crippen molar-refractivity contribution in [1.29, 1.82) is 0 Å². The second kappa shape index (κ2) is 5.40. The summed E-state index contributed by atoms with van der Waals surface area (Å²) in [7, 11) is 0. The minimum absolute atomic E-state index is 0.213. The maximum Gasteiger partial charge on any atom is 0.201 e. The van der Waals surface area contributed by atoms with Gasteiger partial charge in [0.05, 0.1) is 5.69 Å². The molecule has 0 amide bonds. The van der Waals surface area contributed by atoms with E-state index in [1.165, 1.54) is 6.07 Å². The van der Waals surface area contributed by atoms with E-state index in [0.717, 1.165) is 9.64 Å². The topological polar surface area (TPSA) is 35.2 Å². The molecule has 2 rings (SSSR count). The van der Waals surface area contributed by atoms with Crippen molar-refractivity contribution >= 4 is 44.2 Å². The van der Waals surface area contributed by atoms with E-state index < -0.39 is 11.6 Å². The van der Waals surface area contributed by atoms with Gasteiger partial charge >= 0.3 is 0 Å². The lowest BCUT2D eigenvalue weighted by atomic mass is 10.3. The third-order valence-corrected chi connectivity index (χ3v) is 3.28. The van der Waals surface area contributed by atoms with E-state index in [-0.39, 0.29) is 11.5 Å². The van der Waals surface area contributed by atoms with Crippen molar-refractivity contribution in [3.05, 3.63) is 50.0 Å². The van der Waals surface area contributed by atoms with Gasteiger partial charge in [0.2, 0.25) is 5.82 Å². The van der Waals surface area contributed by atoms with Gasteiger partial charge in [0.15, 0.2) is 17.3 Å². The lowest BCUT2D eigenvalue weighted by Crippen LogP contribution is -1.96. The van der Waals surface area contributed by atoms with Crippen LogP contribution in [0.2, 0.25) is 0 Å². The summed E-state index contributed by atoms with van der Waals surface area (Å²) in [6.07, 6.45) is 0. The molecule has 0 aromatic heterocycles. The monoisotopic (exact) mass is 425 g/mol. The maximum atomic E-state index is 13.5. The number of hydrogen-bond donors (Lipinski definition) is 1. The molecule has 0 aliphatic heterocycles. The lowest BCUT2D eigenvalue weighted by molar-refractivity contribution is 0.416. The molecular weight excluding hydrogens is 419 g/mol. The number of ether oxygens (including phenoxy) is 1. The van der Waals surface area contributed by atoms with Gasteiger partial charge in [-0.05, 0) is 52.9 Å². The summed E-state index contributed by atoms with van der Waals surface area (Å²) in [5.74, 6) is -1.96. The smallest absolute Gasteiger partial charge is 0.201 e. The quantitative estimate of drug-likeness (QED) is 0.429. The van der Waals surface area contributed by atoms with Crippen LogP contribution in [0.3, 0.4) is 0 Å². The van der Waals surface area contributed by atoms with Gasteiger partial charge in [-0.15, -0.1) is 0 Å². The molecule has 0 heterocycles. The van der Waals surface area contributed by atoms with Crippen molar-refractivity contribution in [1.82, 2.24) is 0 Å². The zero-order valence-corrected chi connectivity index (χ0v) is 12.6. The fraction of sp³-hybridized carbons (Fsp3) is 0. The molecule has 0 bridgehead atoms. The molecule has 0 saturated heterocycles. The highest BCUT2D eigenvalue weighted by Crippen LogP contribution is 2.33. The first-order chi connectivity index (χ1) is 8.47. The van der Waals surface area contributed by atoms with Crippen LogP contribution in [0.4, 0.5) is 14.5 Å². The van der Waals surface area contributed by atoms with Gasteiger partial charge < -0.3 is 10.5 Å². The molecule has 2 aromatic carbocycles. The van der Waals surface area contributed by atoms with E-state index in [2.05, 4.69) is 38.5 Å². The second-order valence-electron chi connectivity index (χ2n) is 3.48. The highest BCUT2D eigenvalue weighted by Gasteiger charge is 2.13. The molecule has 94 valence electrons. The fourth-order valence-electron chi connectivity index (χ4n) is 1.34. The van der Waals surface area contributed by atoms with E-state index >= 15 is 0 Å². The average molecular weight is 426 g/mol. The van der Waals surface area contributed by atoms with Crippen molar-refractivity contribution in [2.24, 2.45) is 0 Å². The van der Waals surface area contributed by atoms with Gasteiger partial charge in [0, 0.05) is 8.04 Å². The molecule has 2 N–H and O–H groups in total. The molecule has 0 aliphatic carbocycles. The molecule has 2 aromatic rings. The predicted octanol–water partition coefficient (Wildman–Crippen LogP) is 4.71. The number of nitrogen functional groups attached to an aromatic ring is 1. The molecule has 0 spiro atoms. The van der Waals surface area contributed by atoms with Crippen molar-refractivity contribution in [3.8, 4) is 11.5 Å². The molecule has 0 saturated carbocycles. The first-order valence-corrected chi connectivity index (χ1v) is 6.72. The lowest BCUT2D eigenvalue weighted by Gasteiger charge is -2.10. The highest BCUT2D eigenvalue weighted by molar-refractivity contribution is 14.1. The second-order valence-corrected chi connectivity index (χ2v) is 5.65. The van der Waals surface area contributed by atoms with Crippen LogP contribution in [0.25, 0.3) is 0 Å². The Labute approximate surface area is 124 Å². The molecule has 0 aliphatic rings. The van der Waals surface area contributed by atoms with Crippen molar-refractivity contribution in [2.45, 2.75) is 0 Å². The zero-order chi connectivity index (χ0) is 13.3. The first kappa shape index (κ1) is 13.5. The molecule has 0 atom stereocenters. The summed E-state index contributed by atoms with van der Waals surface area (Å²) in [6.45, 7) is 0. The summed E-state index contributed by atoms with van der Waals surface area (Å²) in [5.41, 5.74) is 6.10. The van der Waals surface area contributed by atoms with Gasteiger partial charge in [-0.3, -0.25) is 0 Å². The largest absolute Gasteiger partial charge is 0.452 e. The van der Waals surface area contributed by atoms with Crippen LogP contribution in [0.1, 0.15) is 0 Å². The number of halogens is 4. The van der Waals surface area contributed by atoms with Gasteiger partial charge in [-0.2, -0.15) is 4.39 Å². The molecule has 18 heavy (non-hydrogen) atoms. The van der Waals surface area contributed by atoms with Crippen LogP contribution < -0.4 is 10.5 Å². The van der Waals surface area contributed by atoms with Gasteiger partial charge in [0.25, 0.3) is 0 Å². The zero-order valence-electron chi connectivity index (χ0n) is 8.88. The Balaban J connectivity index is 2.40. The van der Waals surface area contributed by atoms with Crippen LogP contribution in [0.5, 0.6) is 11.5 Å². The molecular formula is C12H7BrF2INO. The number of hydrogen-bond acceptors (Lipinski definition) is 2. The van der Waals surface area contributed by atoms with Gasteiger partial charge in [-0.25, -0.2) is 4.39 Å². The standard InChI is InChI=1S/C12H7BrF2INO/c13-6-3-8(14)12(15)11(4-6)18-10-2-1-7(16)5-9(10)17/h1-5H,17H2. The Morgan fingerprint density at radius 1 is 1.11 bits per heavy atom. The van der Waals surface area contributed by atoms with Crippen LogP contribution in [-0.2, 0) is 0 Å². The molecule has 0 unspecified atom stereocenters. The van der Waals surface area contributed by atoms with E-state index in [1.807, 2.05) is 0 Å². The van der Waals surface area contributed by atoms with Crippen LogP contribution >= 0.6 is 38.5 Å². The fourth-order valence-corrected chi connectivity index (χ4v) is 2.26. The number of rotatable bonds is 2. The minimum atomic E-state index is -1.05. The Hall–Kier alpha value is -0.890. The summed E-state index contributed by atoms with van der Waals surface area (Å²) in [4.78, 5) is 0. The Kier molecular flexibility index (Phi) is 4.06. The summed E-state index contributed by atoms with van der Waals surface area (Å²) in [5, 5.41) is 0. The molecule has 0 fully saturated rings.